The van der Waals surface area contributed by atoms with Crippen LogP contribution in [0.2, 0.25) is 0 Å². The van der Waals surface area contributed by atoms with Gasteiger partial charge < -0.3 is 11.1 Å². The van der Waals surface area contributed by atoms with E-state index in [-0.39, 0.29) is 5.91 Å². The first-order valence-corrected chi connectivity index (χ1v) is 4.43. The summed E-state index contributed by atoms with van der Waals surface area (Å²) >= 11 is 0. The van der Waals surface area contributed by atoms with E-state index in [4.69, 9.17) is 5.73 Å². The summed E-state index contributed by atoms with van der Waals surface area (Å²) in [6, 6.07) is 7.11. The van der Waals surface area contributed by atoms with Crippen LogP contribution in [-0.4, -0.2) is 11.8 Å². The first-order valence-electron chi connectivity index (χ1n) is 4.43. The highest BCUT2D eigenvalue weighted by molar-refractivity contribution is 5.91. The molecule has 15 heavy (non-hydrogen) atoms. The third-order valence-electron chi connectivity index (χ3n) is 1.65. The minimum atomic E-state index is -0.500. The first kappa shape index (κ1) is 11.0. The molecule has 0 aromatic heterocycles. The van der Waals surface area contributed by atoms with Crippen molar-refractivity contribution in [3.8, 4) is 0 Å². The molecular formula is C11H12N2O2. The van der Waals surface area contributed by atoms with Crippen LogP contribution in [0.5, 0.6) is 0 Å². The summed E-state index contributed by atoms with van der Waals surface area (Å²) in [4.78, 5) is 21.3. The van der Waals surface area contributed by atoms with Gasteiger partial charge in [0.25, 0.3) is 0 Å². The lowest BCUT2D eigenvalue weighted by atomic mass is 10.2. The van der Waals surface area contributed by atoms with E-state index >= 15 is 0 Å². The van der Waals surface area contributed by atoms with Gasteiger partial charge in [-0.25, -0.2) is 0 Å². The Kier molecular flexibility index (Phi) is 3.62. The number of rotatable bonds is 3. The van der Waals surface area contributed by atoms with Gasteiger partial charge in [0.1, 0.15) is 0 Å². The minimum absolute atomic E-state index is 0.133. The van der Waals surface area contributed by atoms with Gasteiger partial charge >= 0.3 is 0 Å². The highest BCUT2D eigenvalue weighted by Gasteiger charge is 1.95. The lowest BCUT2D eigenvalue weighted by Gasteiger charge is -2.02. The third kappa shape index (κ3) is 4.08. The summed E-state index contributed by atoms with van der Waals surface area (Å²) in [6.07, 6.45) is 2.86. The Labute approximate surface area is 87.8 Å². The quantitative estimate of drug-likeness (QED) is 0.725. The van der Waals surface area contributed by atoms with Crippen LogP contribution in [-0.2, 0) is 9.59 Å². The molecule has 78 valence electrons. The number of benzene rings is 1. The van der Waals surface area contributed by atoms with Crippen molar-refractivity contribution in [2.45, 2.75) is 6.92 Å². The fourth-order valence-electron chi connectivity index (χ4n) is 1.10. The van der Waals surface area contributed by atoms with Crippen LogP contribution in [0.3, 0.4) is 0 Å². The molecule has 0 spiro atoms. The second-order valence-electron chi connectivity index (χ2n) is 3.04. The zero-order chi connectivity index (χ0) is 11.3. The number of anilines is 1. The monoisotopic (exact) mass is 204 g/mol. The van der Waals surface area contributed by atoms with E-state index in [0.29, 0.717) is 5.69 Å². The highest BCUT2D eigenvalue weighted by Crippen LogP contribution is 2.11. The van der Waals surface area contributed by atoms with Gasteiger partial charge in [0.2, 0.25) is 11.8 Å². The maximum absolute atomic E-state index is 10.8. The van der Waals surface area contributed by atoms with Crippen molar-refractivity contribution < 1.29 is 9.59 Å². The van der Waals surface area contributed by atoms with Gasteiger partial charge in [-0.15, -0.1) is 0 Å². The average molecular weight is 204 g/mol. The summed E-state index contributed by atoms with van der Waals surface area (Å²) < 4.78 is 0. The Balaban J connectivity index is 2.82. The fraction of sp³-hybridized carbons (Fsp3) is 0.0909. The topological polar surface area (TPSA) is 72.2 Å². The molecule has 0 aliphatic rings. The summed E-state index contributed by atoms with van der Waals surface area (Å²) in [5.41, 5.74) is 6.46. The number of carbonyl (C=O) groups is 2. The Morgan fingerprint density at radius 1 is 1.40 bits per heavy atom. The van der Waals surface area contributed by atoms with Crippen molar-refractivity contribution in [3.63, 3.8) is 0 Å². The molecule has 1 rings (SSSR count). The highest BCUT2D eigenvalue weighted by atomic mass is 16.1. The van der Waals surface area contributed by atoms with Crippen LogP contribution < -0.4 is 11.1 Å². The van der Waals surface area contributed by atoms with E-state index in [9.17, 15) is 9.59 Å². The van der Waals surface area contributed by atoms with Gasteiger partial charge in [0, 0.05) is 18.7 Å². The molecule has 4 nitrogen and oxygen atoms in total. The molecule has 1 aromatic carbocycles. The summed E-state index contributed by atoms with van der Waals surface area (Å²) in [5, 5.41) is 2.64. The van der Waals surface area contributed by atoms with Crippen molar-refractivity contribution in [3.05, 3.63) is 35.9 Å². The van der Waals surface area contributed by atoms with Crippen molar-refractivity contribution in [2.75, 3.05) is 5.32 Å². The van der Waals surface area contributed by atoms with E-state index in [1.54, 1.807) is 24.3 Å². The predicted molar refractivity (Wildman–Crippen MR) is 59.0 cm³/mol. The van der Waals surface area contributed by atoms with Crippen molar-refractivity contribution in [2.24, 2.45) is 5.73 Å². The number of nitrogens with two attached hydrogens (primary N) is 1. The molecule has 1 aromatic rings. The Bertz CT molecular complexity index is 411. The number of hydrogen-bond acceptors (Lipinski definition) is 2. The SMILES string of the molecule is CC(=O)Nc1cccc(C=CC(N)=O)c1. The standard InChI is InChI=1S/C11H12N2O2/c1-8(14)13-10-4-2-3-9(7-10)5-6-11(12)15/h2-7H,1H3,(H2,12,15)(H,13,14). The molecule has 0 fully saturated rings. The van der Waals surface area contributed by atoms with Crippen LogP contribution in [0.4, 0.5) is 5.69 Å². The van der Waals surface area contributed by atoms with E-state index in [0.717, 1.165) is 5.56 Å². The number of nitrogens with one attached hydrogen (secondary N) is 1. The predicted octanol–water partition coefficient (Wildman–Crippen LogP) is 1.14. The van der Waals surface area contributed by atoms with Crippen LogP contribution in [0.25, 0.3) is 6.08 Å². The zero-order valence-corrected chi connectivity index (χ0v) is 8.36. The molecule has 0 bridgehead atoms. The molecular weight excluding hydrogens is 192 g/mol. The lowest BCUT2D eigenvalue weighted by Crippen LogP contribution is -2.06. The minimum Gasteiger partial charge on any atom is -0.366 e. The summed E-state index contributed by atoms with van der Waals surface area (Å²) in [7, 11) is 0. The molecule has 0 atom stereocenters. The molecule has 4 heteroatoms. The van der Waals surface area contributed by atoms with Crippen molar-refractivity contribution >= 4 is 23.6 Å². The second-order valence-corrected chi connectivity index (χ2v) is 3.04. The molecule has 0 heterocycles. The van der Waals surface area contributed by atoms with Gasteiger partial charge in [-0.3, -0.25) is 9.59 Å². The lowest BCUT2D eigenvalue weighted by molar-refractivity contribution is -0.114. The Hall–Kier alpha value is -2.10. The average Bonchev–Trinajstić information content (AvgIpc) is 2.14. The first-order chi connectivity index (χ1) is 7.08. The molecule has 2 amide bonds. The van der Waals surface area contributed by atoms with E-state index in [1.807, 2.05) is 6.07 Å². The van der Waals surface area contributed by atoms with Crippen LogP contribution in [0, 0.1) is 0 Å². The number of primary amides is 1. The molecule has 0 aliphatic heterocycles. The van der Waals surface area contributed by atoms with Crippen LogP contribution in [0.1, 0.15) is 12.5 Å². The molecule has 0 saturated carbocycles. The number of hydrogen-bond donors (Lipinski definition) is 2. The molecule has 0 saturated heterocycles. The van der Waals surface area contributed by atoms with Gasteiger partial charge in [-0.1, -0.05) is 12.1 Å². The molecule has 0 radical (unpaired) electrons. The smallest absolute Gasteiger partial charge is 0.241 e. The Morgan fingerprint density at radius 2 is 2.13 bits per heavy atom. The van der Waals surface area contributed by atoms with Crippen LogP contribution in [0.15, 0.2) is 30.3 Å². The third-order valence-corrected chi connectivity index (χ3v) is 1.65. The molecule has 0 unspecified atom stereocenters. The Morgan fingerprint density at radius 3 is 2.73 bits per heavy atom. The van der Waals surface area contributed by atoms with E-state index in [1.165, 1.54) is 13.0 Å². The van der Waals surface area contributed by atoms with Gasteiger partial charge in [-0.2, -0.15) is 0 Å². The van der Waals surface area contributed by atoms with Gasteiger partial charge in [0.05, 0.1) is 0 Å². The maximum atomic E-state index is 10.8. The number of carbonyl (C=O) groups excluding carboxylic acids is 2. The largest absolute Gasteiger partial charge is 0.366 e. The van der Waals surface area contributed by atoms with Crippen LogP contribution >= 0.6 is 0 Å². The fourth-order valence-corrected chi connectivity index (χ4v) is 1.10. The second kappa shape index (κ2) is 4.95. The van der Waals surface area contributed by atoms with Crippen molar-refractivity contribution in [1.29, 1.82) is 0 Å². The summed E-state index contributed by atoms with van der Waals surface area (Å²) in [5.74, 6) is -0.633. The number of amides is 2. The molecule has 3 N–H and O–H groups in total. The normalized spacial score (nSPS) is 10.2. The van der Waals surface area contributed by atoms with Gasteiger partial charge in [-0.05, 0) is 23.8 Å². The maximum Gasteiger partial charge on any atom is 0.241 e. The van der Waals surface area contributed by atoms with Crippen molar-refractivity contribution in [1.82, 2.24) is 0 Å². The van der Waals surface area contributed by atoms with E-state index < -0.39 is 5.91 Å². The zero-order valence-electron chi connectivity index (χ0n) is 8.36. The van der Waals surface area contributed by atoms with Gasteiger partial charge in [0.15, 0.2) is 0 Å². The summed E-state index contributed by atoms with van der Waals surface area (Å²) in [6.45, 7) is 1.44. The molecule has 0 aliphatic carbocycles. The van der Waals surface area contributed by atoms with E-state index in [2.05, 4.69) is 5.32 Å².